The van der Waals surface area contributed by atoms with Gasteiger partial charge in [0.1, 0.15) is 11.5 Å². The summed E-state index contributed by atoms with van der Waals surface area (Å²) in [5, 5.41) is 2.72. The first-order valence-electron chi connectivity index (χ1n) is 9.88. The third kappa shape index (κ3) is 5.33. The summed E-state index contributed by atoms with van der Waals surface area (Å²) in [6, 6.07) is 10.8. The first-order valence-corrected chi connectivity index (χ1v) is 9.88. The van der Waals surface area contributed by atoms with E-state index in [0.717, 1.165) is 11.1 Å². The number of amides is 2. The number of hydrogen-bond acceptors (Lipinski definition) is 6. The molecule has 164 valence electrons. The first-order chi connectivity index (χ1) is 14.8. The summed E-state index contributed by atoms with van der Waals surface area (Å²) in [6.07, 6.45) is 0.00666. The van der Waals surface area contributed by atoms with Gasteiger partial charge in [-0.25, -0.2) is 0 Å². The Balaban J connectivity index is 1.58. The van der Waals surface area contributed by atoms with Gasteiger partial charge in [-0.05, 0) is 49.2 Å². The first kappa shape index (κ1) is 22.1. The summed E-state index contributed by atoms with van der Waals surface area (Å²) in [5.74, 6) is -0.832. The number of nitrogens with zero attached hydrogens (tertiary/aromatic N) is 1. The van der Waals surface area contributed by atoms with Crippen molar-refractivity contribution in [2.45, 2.75) is 20.3 Å². The Labute approximate surface area is 181 Å². The van der Waals surface area contributed by atoms with Gasteiger partial charge in [-0.2, -0.15) is 0 Å². The van der Waals surface area contributed by atoms with Gasteiger partial charge in [0.25, 0.3) is 5.91 Å². The van der Waals surface area contributed by atoms with E-state index in [9.17, 15) is 14.4 Å². The Kier molecular flexibility index (Phi) is 6.79. The van der Waals surface area contributed by atoms with Crippen molar-refractivity contribution in [1.29, 1.82) is 0 Å². The monoisotopic (exact) mass is 426 g/mol. The van der Waals surface area contributed by atoms with E-state index in [2.05, 4.69) is 5.32 Å². The van der Waals surface area contributed by atoms with Gasteiger partial charge in [-0.15, -0.1) is 0 Å². The van der Waals surface area contributed by atoms with Gasteiger partial charge < -0.3 is 24.4 Å². The largest absolute Gasteiger partial charge is 0.497 e. The lowest BCUT2D eigenvalue weighted by molar-refractivity contribution is -0.151. The van der Waals surface area contributed by atoms with Gasteiger partial charge in [0.2, 0.25) is 5.91 Å². The number of carbonyl (C=O) groups is 3. The maximum atomic E-state index is 12.5. The van der Waals surface area contributed by atoms with Crippen molar-refractivity contribution >= 4 is 29.2 Å². The molecule has 1 aliphatic rings. The van der Waals surface area contributed by atoms with Gasteiger partial charge in [-0.1, -0.05) is 6.07 Å². The molecule has 0 saturated carbocycles. The summed E-state index contributed by atoms with van der Waals surface area (Å²) in [7, 11) is 3.04. The molecule has 2 aromatic carbocycles. The minimum Gasteiger partial charge on any atom is -0.497 e. The highest BCUT2D eigenvalue weighted by Crippen LogP contribution is 2.36. The maximum Gasteiger partial charge on any atom is 0.311 e. The minimum atomic E-state index is -0.659. The predicted molar refractivity (Wildman–Crippen MR) is 116 cm³/mol. The zero-order chi connectivity index (χ0) is 22.5. The lowest BCUT2D eigenvalue weighted by Crippen LogP contribution is -2.28. The molecule has 2 amide bonds. The van der Waals surface area contributed by atoms with Crippen LogP contribution in [-0.4, -0.2) is 45.2 Å². The molecule has 1 aliphatic heterocycles. The van der Waals surface area contributed by atoms with Crippen LogP contribution < -0.4 is 19.7 Å². The standard InChI is InChI=1S/C23H26N2O6/c1-14-7-15(2)9-17(8-14)24-21(26)13-31-23(28)16-10-22(27)25(12-16)19-6-5-18(29-3)11-20(19)30-4/h5-9,11,16H,10,12-13H2,1-4H3,(H,24,26)/t16-/m0/s1. The Morgan fingerprint density at radius 2 is 1.77 bits per heavy atom. The Bertz CT molecular complexity index is 983. The van der Waals surface area contributed by atoms with Crippen LogP contribution in [0.2, 0.25) is 0 Å². The molecule has 1 fully saturated rings. The van der Waals surface area contributed by atoms with Crippen LogP contribution in [-0.2, 0) is 19.1 Å². The Hall–Kier alpha value is -3.55. The van der Waals surface area contributed by atoms with E-state index in [-0.39, 0.29) is 18.9 Å². The molecule has 3 rings (SSSR count). The summed E-state index contributed by atoms with van der Waals surface area (Å²) in [6.45, 7) is 3.61. The highest BCUT2D eigenvalue weighted by molar-refractivity contribution is 6.01. The van der Waals surface area contributed by atoms with E-state index >= 15 is 0 Å². The molecule has 0 bridgehead atoms. The molecule has 0 aromatic heterocycles. The van der Waals surface area contributed by atoms with Gasteiger partial charge in [0.05, 0.1) is 25.8 Å². The average Bonchev–Trinajstić information content (AvgIpc) is 3.12. The van der Waals surface area contributed by atoms with Crippen LogP contribution in [0.15, 0.2) is 36.4 Å². The van der Waals surface area contributed by atoms with Gasteiger partial charge in [-0.3, -0.25) is 14.4 Å². The van der Waals surface area contributed by atoms with E-state index in [0.29, 0.717) is 22.9 Å². The third-order valence-electron chi connectivity index (χ3n) is 4.99. The number of benzene rings is 2. The molecule has 0 unspecified atom stereocenters. The molecule has 1 heterocycles. The number of aryl methyl sites for hydroxylation is 2. The van der Waals surface area contributed by atoms with E-state index in [4.69, 9.17) is 14.2 Å². The van der Waals surface area contributed by atoms with Gasteiger partial charge in [0.15, 0.2) is 6.61 Å². The summed E-state index contributed by atoms with van der Waals surface area (Å²) >= 11 is 0. The fourth-order valence-corrected chi connectivity index (χ4v) is 3.60. The molecule has 1 saturated heterocycles. The zero-order valence-corrected chi connectivity index (χ0v) is 18.1. The van der Waals surface area contributed by atoms with Crippen LogP contribution in [0.4, 0.5) is 11.4 Å². The highest BCUT2D eigenvalue weighted by atomic mass is 16.5. The molecule has 2 aromatic rings. The number of hydrogen-bond donors (Lipinski definition) is 1. The SMILES string of the molecule is COc1ccc(N2C[C@@H](C(=O)OCC(=O)Nc3cc(C)cc(C)c3)CC2=O)c(OC)c1. The van der Waals surface area contributed by atoms with E-state index in [1.165, 1.54) is 19.1 Å². The summed E-state index contributed by atoms with van der Waals surface area (Å²) < 4.78 is 15.7. The Morgan fingerprint density at radius 1 is 1.06 bits per heavy atom. The molecule has 0 spiro atoms. The Morgan fingerprint density at radius 3 is 2.42 bits per heavy atom. The third-order valence-corrected chi connectivity index (χ3v) is 4.99. The van der Waals surface area contributed by atoms with Crippen LogP contribution in [0.1, 0.15) is 17.5 Å². The molecule has 8 heteroatoms. The molecular formula is C23H26N2O6. The van der Waals surface area contributed by atoms with Crippen LogP contribution in [0, 0.1) is 19.8 Å². The maximum absolute atomic E-state index is 12.5. The molecular weight excluding hydrogens is 400 g/mol. The number of esters is 1. The van der Waals surface area contributed by atoms with Gasteiger partial charge >= 0.3 is 5.97 Å². The van der Waals surface area contributed by atoms with Crippen molar-refractivity contribution in [3.63, 3.8) is 0 Å². The van der Waals surface area contributed by atoms with Crippen molar-refractivity contribution < 1.29 is 28.6 Å². The minimum absolute atomic E-state index is 0.00666. The topological polar surface area (TPSA) is 94.2 Å². The fraction of sp³-hybridized carbons (Fsp3) is 0.348. The fourth-order valence-electron chi connectivity index (χ4n) is 3.60. The number of methoxy groups -OCH3 is 2. The van der Waals surface area contributed by atoms with E-state index in [1.54, 1.807) is 18.2 Å². The number of rotatable bonds is 7. The number of carbonyl (C=O) groups excluding carboxylic acids is 3. The second-order valence-electron chi connectivity index (χ2n) is 7.48. The van der Waals surface area contributed by atoms with Crippen LogP contribution in [0.5, 0.6) is 11.5 Å². The second kappa shape index (κ2) is 9.51. The van der Waals surface area contributed by atoms with E-state index < -0.39 is 24.4 Å². The summed E-state index contributed by atoms with van der Waals surface area (Å²) in [5.41, 5.74) is 3.24. The van der Waals surface area contributed by atoms with Crippen LogP contribution >= 0.6 is 0 Å². The smallest absolute Gasteiger partial charge is 0.311 e. The predicted octanol–water partition coefficient (Wildman–Crippen LogP) is 2.86. The van der Waals surface area contributed by atoms with Crippen molar-refractivity contribution in [3.8, 4) is 11.5 Å². The lowest BCUT2D eigenvalue weighted by atomic mass is 10.1. The highest BCUT2D eigenvalue weighted by Gasteiger charge is 2.37. The number of ether oxygens (including phenoxy) is 3. The molecule has 0 aliphatic carbocycles. The van der Waals surface area contributed by atoms with Crippen molar-refractivity contribution in [2.75, 3.05) is 37.6 Å². The lowest BCUT2D eigenvalue weighted by Gasteiger charge is -2.20. The molecule has 31 heavy (non-hydrogen) atoms. The van der Waals surface area contributed by atoms with Crippen molar-refractivity contribution in [1.82, 2.24) is 0 Å². The molecule has 1 N–H and O–H groups in total. The molecule has 1 atom stereocenters. The quantitative estimate of drug-likeness (QED) is 0.685. The average molecular weight is 426 g/mol. The second-order valence-corrected chi connectivity index (χ2v) is 7.48. The summed E-state index contributed by atoms with van der Waals surface area (Å²) in [4.78, 5) is 38.6. The van der Waals surface area contributed by atoms with Crippen LogP contribution in [0.3, 0.4) is 0 Å². The van der Waals surface area contributed by atoms with Crippen molar-refractivity contribution in [3.05, 3.63) is 47.5 Å². The van der Waals surface area contributed by atoms with Crippen molar-refractivity contribution in [2.24, 2.45) is 5.92 Å². The number of anilines is 2. The van der Waals surface area contributed by atoms with Crippen LogP contribution in [0.25, 0.3) is 0 Å². The zero-order valence-electron chi connectivity index (χ0n) is 18.1. The van der Waals surface area contributed by atoms with Gasteiger partial charge in [0, 0.05) is 24.7 Å². The number of nitrogens with one attached hydrogen (secondary N) is 1. The van der Waals surface area contributed by atoms with E-state index in [1.807, 2.05) is 32.0 Å². The molecule has 8 nitrogen and oxygen atoms in total. The normalized spacial score (nSPS) is 15.5. The molecule has 0 radical (unpaired) electrons.